The number of aromatic nitrogens is 6. The highest BCUT2D eigenvalue weighted by Crippen LogP contribution is 2.49. The number of hydrogen-bond donors (Lipinski definition) is 2. The molecule has 0 atom stereocenters. The third kappa shape index (κ3) is 12.1. The summed E-state index contributed by atoms with van der Waals surface area (Å²) in [5, 5.41) is 0. The van der Waals surface area contributed by atoms with Crippen molar-refractivity contribution >= 4 is 34.2 Å². The van der Waals surface area contributed by atoms with Crippen LogP contribution in [-0.2, 0) is 56.2 Å². The lowest BCUT2D eigenvalue weighted by molar-refractivity contribution is 0.568. The molecule has 0 saturated carbocycles. The standard InChI is InChI=1S/C82H100N6/c1-75(2,3)51-35-47(36-52(43-51)76(4,5)6)67-61-29-30-62(83-61)68(48-37-53(77(7,8)9)44-54(38-48)78(10,11)12)64-32-34-66(85-64)70(50-41-57(81(19,20)21)46-58(42-50)82(22,23)24)72-74-73(86-59-27-25-26-28-60(59)87-74)71(88-72)69(65-33-31-63(67)84-65)49-39-55(79(13,14)15)45-56(40-49)80(16,17)18/h29-46,84-85H,25-28H2,1-24H3. The number of fused-ring (bicyclic) bond motifs is 12. The zero-order valence-corrected chi connectivity index (χ0v) is 58.0. The lowest BCUT2D eigenvalue weighted by Gasteiger charge is -2.26. The van der Waals surface area contributed by atoms with Crippen LogP contribution in [-0.4, -0.2) is 29.9 Å². The maximum absolute atomic E-state index is 6.20. The van der Waals surface area contributed by atoms with Gasteiger partial charge < -0.3 is 9.97 Å². The second-order valence-corrected chi connectivity index (χ2v) is 34.3. The quantitative estimate of drug-likeness (QED) is 0.184. The molecule has 88 heavy (non-hydrogen) atoms. The van der Waals surface area contributed by atoms with E-state index in [0.717, 1.165) is 138 Å². The van der Waals surface area contributed by atoms with E-state index in [2.05, 4.69) is 285 Å². The molecular weight excluding hydrogens is 1070 g/mol. The van der Waals surface area contributed by atoms with Crippen molar-refractivity contribution < 1.29 is 0 Å². The first kappa shape index (κ1) is 62.4. The van der Waals surface area contributed by atoms with Gasteiger partial charge in [-0.2, -0.15) is 0 Å². The van der Waals surface area contributed by atoms with E-state index in [1.54, 1.807) is 0 Å². The van der Waals surface area contributed by atoms with Gasteiger partial charge in [0.1, 0.15) is 22.8 Å². The highest BCUT2D eigenvalue weighted by molar-refractivity contribution is 6.04. The second kappa shape index (κ2) is 21.2. The summed E-state index contributed by atoms with van der Waals surface area (Å²) in [6.45, 7) is 55.9. The van der Waals surface area contributed by atoms with Gasteiger partial charge in [0, 0.05) is 44.3 Å². The van der Waals surface area contributed by atoms with Crippen molar-refractivity contribution in [2.24, 2.45) is 0 Å². The third-order valence-corrected chi connectivity index (χ3v) is 18.7. The minimum absolute atomic E-state index is 0.125. The maximum Gasteiger partial charge on any atom is 0.118 e. The van der Waals surface area contributed by atoms with Crippen LogP contribution in [0.5, 0.6) is 0 Å². The first-order valence-electron chi connectivity index (χ1n) is 32.7. The van der Waals surface area contributed by atoms with E-state index in [-0.39, 0.29) is 43.3 Å². The Balaban J connectivity index is 1.45. The van der Waals surface area contributed by atoms with Gasteiger partial charge in [-0.15, -0.1) is 0 Å². The molecule has 1 aliphatic carbocycles. The topological polar surface area (TPSA) is 83.1 Å². The molecule has 8 aromatic rings. The molecular formula is C82H100N6. The van der Waals surface area contributed by atoms with Gasteiger partial charge in [0.05, 0.1) is 22.8 Å². The van der Waals surface area contributed by atoms with Crippen LogP contribution in [0.3, 0.4) is 0 Å². The molecule has 2 aliphatic heterocycles. The Kier molecular flexibility index (Phi) is 15.1. The number of benzene rings is 4. The van der Waals surface area contributed by atoms with Crippen LogP contribution in [0.4, 0.5) is 0 Å². The van der Waals surface area contributed by atoms with Crippen molar-refractivity contribution in [2.45, 2.75) is 235 Å². The van der Waals surface area contributed by atoms with E-state index < -0.39 is 0 Å². The van der Waals surface area contributed by atoms with E-state index in [0.29, 0.717) is 0 Å². The Hall–Kier alpha value is -7.18. The molecule has 4 aromatic heterocycles. The summed E-state index contributed by atoms with van der Waals surface area (Å²) in [5.41, 5.74) is 28.8. The summed E-state index contributed by atoms with van der Waals surface area (Å²) in [6.07, 6.45) is 8.46. The number of rotatable bonds is 4. The summed E-state index contributed by atoms with van der Waals surface area (Å²) in [6, 6.07) is 38.3. The molecule has 0 amide bonds. The average molecular weight is 1170 g/mol. The Bertz CT molecular complexity index is 3920. The molecule has 0 fully saturated rings. The summed E-state index contributed by atoms with van der Waals surface area (Å²) < 4.78 is 0. The fourth-order valence-electron chi connectivity index (χ4n) is 12.7. The maximum atomic E-state index is 6.20. The molecule has 458 valence electrons. The zero-order valence-electron chi connectivity index (χ0n) is 58.0. The molecule has 6 heteroatoms. The average Bonchev–Trinajstić information content (AvgIpc) is 1.61. The van der Waals surface area contributed by atoms with Crippen molar-refractivity contribution in [3.05, 3.63) is 164 Å². The van der Waals surface area contributed by atoms with Crippen molar-refractivity contribution in [3.8, 4) is 67.3 Å². The van der Waals surface area contributed by atoms with E-state index in [1.165, 1.54) is 44.5 Å². The zero-order chi connectivity index (χ0) is 64.0. The van der Waals surface area contributed by atoms with E-state index >= 15 is 0 Å². The van der Waals surface area contributed by atoms with Crippen molar-refractivity contribution in [1.29, 1.82) is 0 Å². The van der Waals surface area contributed by atoms with Gasteiger partial charge in [-0.3, -0.25) is 0 Å². The third-order valence-electron chi connectivity index (χ3n) is 18.7. The Morgan fingerprint density at radius 3 is 0.727 bits per heavy atom. The van der Waals surface area contributed by atoms with Crippen LogP contribution in [0.1, 0.15) is 246 Å². The van der Waals surface area contributed by atoms with Crippen LogP contribution < -0.4 is 0 Å². The minimum Gasteiger partial charge on any atom is -0.354 e. The van der Waals surface area contributed by atoms with Gasteiger partial charge in [-0.05, 0) is 172 Å². The Labute approximate surface area is 528 Å². The predicted octanol–water partition coefficient (Wildman–Crippen LogP) is 22.5. The second-order valence-electron chi connectivity index (χ2n) is 34.3. The van der Waals surface area contributed by atoms with Gasteiger partial charge in [-0.1, -0.05) is 239 Å². The first-order valence-corrected chi connectivity index (χ1v) is 32.7. The summed E-state index contributed by atoms with van der Waals surface area (Å²) in [5.74, 6) is 0. The fraction of sp³-hybridized carbons (Fsp3) is 0.439. The summed E-state index contributed by atoms with van der Waals surface area (Å²) >= 11 is 0. The molecule has 0 radical (unpaired) electrons. The molecule has 0 spiro atoms. The minimum atomic E-state index is -0.153. The molecule has 6 nitrogen and oxygen atoms in total. The number of aryl methyl sites for hydroxylation is 2. The number of nitrogens with one attached hydrogen (secondary N) is 2. The van der Waals surface area contributed by atoms with E-state index in [9.17, 15) is 0 Å². The monoisotopic (exact) mass is 1170 g/mol. The Morgan fingerprint density at radius 1 is 0.261 bits per heavy atom. The van der Waals surface area contributed by atoms with Crippen LogP contribution >= 0.6 is 0 Å². The number of nitrogens with zero attached hydrogens (tertiary/aromatic N) is 4. The SMILES string of the molecule is CC(C)(C)c1cc(-c2c3nc(c(-c4cc(C(C)(C)C)cc(C(C)(C)C)c4)c4ccc([nH]4)c(-c4cc(C(C)(C)C)cc(C(C)(C)C)c4)c4nc(c(-c5cc(C(C)(C)C)cc(C(C)(C)C)c5)c5ccc2[nH]5)-c2nc5c(nc2-4)CCCC5)C=C3)cc(C(C)(C)C)c1. The predicted molar refractivity (Wildman–Crippen MR) is 378 cm³/mol. The van der Waals surface area contributed by atoms with Crippen LogP contribution in [0.15, 0.2) is 97.1 Å². The normalized spacial score (nSPS) is 14.4. The molecule has 3 aliphatic rings. The molecule has 2 N–H and O–H groups in total. The summed E-state index contributed by atoms with van der Waals surface area (Å²) in [4.78, 5) is 32.3. The lowest BCUT2D eigenvalue weighted by atomic mass is 9.78. The smallest absolute Gasteiger partial charge is 0.118 e. The number of hydrogen-bond acceptors (Lipinski definition) is 4. The van der Waals surface area contributed by atoms with E-state index in [4.69, 9.17) is 19.9 Å². The van der Waals surface area contributed by atoms with Crippen LogP contribution in [0.2, 0.25) is 0 Å². The molecule has 0 saturated heterocycles. The van der Waals surface area contributed by atoms with Gasteiger partial charge >= 0.3 is 0 Å². The van der Waals surface area contributed by atoms with Crippen molar-refractivity contribution in [3.63, 3.8) is 0 Å². The van der Waals surface area contributed by atoms with Gasteiger partial charge in [0.25, 0.3) is 0 Å². The molecule has 4 aromatic carbocycles. The van der Waals surface area contributed by atoms with E-state index in [1.807, 2.05) is 0 Å². The molecule has 11 rings (SSSR count). The summed E-state index contributed by atoms with van der Waals surface area (Å²) in [7, 11) is 0. The molecule has 0 unspecified atom stereocenters. The number of H-pyrrole nitrogens is 2. The number of aromatic amines is 2. The Morgan fingerprint density at radius 2 is 0.489 bits per heavy atom. The highest BCUT2D eigenvalue weighted by Gasteiger charge is 2.34. The van der Waals surface area contributed by atoms with Crippen molar-refractivity contribution in [2.75, 3.05) is 0 Å². The highest BCUT2D eigenvalue weighted by atomic mass is 14.9. The largest absolute Gasteiger partial charge is 0.354 e. The lowest BCUT2D eigenvalue weighted by Crippen LogP contribution is -2.16. The van der Waals surface area contributed by atoms with Gasteiger partial charge in [0.2, 0.25) is 0 Å². The first-order chi connectivity index (χ1) is 40.6. The molecule has 8 bridgehead atoms. The fourth-order valence-corrected chi connectivity index (χ4v) is 12.7. The van der Waals surface area contributed by atoms with Crippen molar-refractivity contribution in [1.82, 2.24) is 29.9 Å². The van der Waals surface area contributed by atoms with Gasteiger partial charge in [-0.25, -0.2) is 19.9 Å². The molecule has 6 heterocycles. The van der Waals surface area contributed by atoms with Crippen LogP contribution in [0, 0.1) is 0 Å². The van der Waals surface area contributed by atoms with Crippen LogP contribution in [0.25, 0.3) is 102 Å². The van der Waals surface area contributed by atoms with Gasteiger partial charge in [0.15, 0.2) is 0 Å².